The minimum absolute atomic E-state index is 0.0667. The molecule has 0 amide bonds. The number of aliphatic hydroxyl groups is 1. The van der Waals surface area contributed by atoms with E-state index in [-0.39, 0.29) is 11.1 Å². The molecule has 0 bridgehead atoms. The van der Waals surface area contributed by atoms with Crippen molar-refractivity contribution in [2.24, 2.45) is 0 Å². The van der Waals surface area contributed by atoms with E-state index >= 15 is 0 Å². The highest BCUT2D eigenvalue weighted by molar-refractivity contribution is 6.30. The lowest BCUT2D eigenvalue weighted by Gasteiger charge is -2.12. The van der Waals surface area contributed by atoms with Crippen LogP contribution in [0.1, 0.15) is 17.4 Å². The lowest BCUT2D eigenvalue weighted by Crippen LogP contribution is -2.20. The molecule has 1 radical (unpaired) electrons. The van der Waals surface area contributed by atoms with Crippen LogP contribution in [0.4, 0.5) is 0 Å². The van der Waals surface area contributed by atoms with Crippen LogP contribution < -0.4 is 5.43 Å². The van der Waals surface area contributed by atoms with E-state index in [0.29, 0.717) is 10.6 Å². The molecular formula is C17H12ClN2O2. The first kappa shape index (κ1) is 14.5. The van der Waals surface area contributed by atoms with Crippen molar-refractivity contribution in [3.63, 3.8) is 0 Å². The van der Waals surface area contributed by atoms with Gasteiger partial charge in [0.15, 0.2) is 0 Å². The molecule has 109 valence electrons. The Morgan fingerprint density at radius 2 is 1.95 bits per heavy atom. The number of hydrogen-bond acceptors (Lipinski definition) is 3. The first-order chi connectivity index (χ1) is 10.6. The molecule has 2 aromatic carbocycles. The topological polar surface area (TPSA) is 55.1 Å². The van der Waals surface area contributed by atoms with E-state index in [1.165, 1.54) is 10.7 Å². The number of benzene rings is 2. The fraction of sp³-hybridized carbons (Fsp3) is 0.0588. The quantitative estimate of drug-likeness (QED) is 0.809. The molecule has 1 unspecified atom stereocenters. The molecular weight excluding hydrogens is 300 g/mol. The Kier molecular flexibility index (Phi) is 4.04. The highest BCUT2D eigenvalue weighted by atomic mass is 35.5. The summed E-state index contributed by atoms with van der Waals surface area (Å²) in [4.78, 5) is 12.0. The van der Waals surface area contributed by atoms with Gasteiger partial charge in [0, 0.05) is 17.3 Å². The van der Waals surface area contributed by atoms with Crippen molar-refractivity contribution >= 4 is 11.6 Å². The average molecular weight is 312 g/mol. The number of hydrogen-bond donors (Lipinski definition) is 1. The van der Waals surface area contributed by atoms with E-state index in [2.05, 4.69) is 11.2 Å². The van der Waals surface area contributed by atoms with E-state index in [0.717, 1.165) is 5.69 Å². The van der Waals surface area contributed by atoms with Crippen LogP contribution in [0, 0.1) is 6.07 Å². The molecule has 0 aliphatic heterocycles. The lowest BCUT2D eigenvalue weighted by molar-refractivity contribution is 0.212. The summed E-state index contributed by atoms with van der Waals surface area (Å²) in [7, 11) is 0. The summed E-state index contributed by atoms with van der Waals surface area (Å²) in [5.74, 6) is 0. The van der Waals surface area contributed by atoms with Crippen LogP contribution in [0.2, 0.25) is 5.02 Å². The predicted octanol–water partition coefficient (Wildman–Crippen LogP) is 2.77. The normalized spacial score (nSPS) is 12.1. The number of aromatic nitrogens is 2. The SMILES string of the molecule is O=c1ccn(-c2ccc(Cl)cc2)nc1C(O)c1c[c]ccc1. The van der Waals surface area contributed by atoms with E-state index < -0.39 is 6.10 Å². The number of aliphatic hydroxyl groups excluding tert-OH is 1. The third kappa shape index (κ3) is 2.93. The van der Waals surface area contributed by atoms with E-state index in [1.807, 2.05) is 0 Å². The maximum atomic E-state index is 12.0. The van der Waals surface area contributed by atoms with Crippen molar-refractivity contribution in [1.29, 1.82) is 0 Å². The van der Waals surface area contributed by atoms with Gasteiger partial charge in [0.25, 0.3) is 0 Å². The van der Waals surface area contributed by atoms with Gasteiger partial charge in [-0.1, -0.05) is 29.8 Å². The molecule has 4 nitrogen and oxygen atoms in total. The minimum Gasteiger partial charge on any atom is -0.382 e. The second-order valence-corrected chi connectivity index (χ2v) is 5.16. The van der Waals surface area contributed by atoms with Gasteiger partial charge in [-0.2, -0.15) is 5.10 Å². The zero-order chi connectivity index (χ0) is 15.5. The number of halogens is 1. The fourth-order valence-electron chi connectivity index (χ4n) is 2.08. The van der Waals surface area contributed by atoms with E-state index in [1.54, 1.807) is 54.7 Å². The monoisotopic (exact) mass is 311 g/mol. The van der Waals surface area contributed by atoms with Crippen LogP contribution in [0.15, 0.2) is 65.6 Å². The fourth-order valence-corrected chi connectivity index (χ4v) is 2.21. The molecule has 1 heterocycles. The first-order valence-corrected chi connectivity index (χ1v) is 7.03. The largest absolute Gasteiger partial charge is 0.382 e. The van der Waals surface area contributed by atoms with Crippen LogP contribution in [0.3, 0.4) is 0 Å². The van der Waals surface area contributed by atoms with Gasteiger partial charge < -0.3 is 5.11 Å². The third-order valence-electron chi connectivity index (χ3n) is 3.23. The summed E-state index contributed by atoms with van der Waals surface area (Å²) >= 11 is 5.86. The third-order valence-corrected chi connectivity index (χ3v) is 3.48. The van der Waals surface area contributed by atoms with Crippen LogP contribution in [-0.2, 0) is 0 Å². The second-order valence-electron chi connectivity index (χ2n) is 4.73. The molecule has 22 heavy (non-hydrogen) atoms. The minimum atomic E-state index is -1.09. The average Bonchev–Trinajstić information content (AvgIpc) is 2.56. The summed E-state index contributed by atoms with van der Waals surface area (Å²) in [6, 6.07) is 18.1. The van der Waals surface area contributed by atoms with Gasteiger partial charge in [-0.3, -0.25) is 4.79 Å². The van der Waals surface area contributed by atoms with Crippen LogP contribution in [0.25, 0.3) is 5.69 Å². The second kappa shape index (κ2) is 6.13. The maximum Gasteiger partial charge on any atom is 0.206 e. The highest BCUT2D eigenvalue weighted by Gasteiger charge is 2.16. The summed E-state index contributed by atoms with van der Waals surface area (Å²) in [6.07, 6.45) is 0.462. The molecule has 1 N–H and O–H groups in total. The van der Waals surface area contributed by atoms with Gasteiger partial charge in [0.1, 0.15) is 11.8 Å². The number of nitrogens with zero attached hydrogens (tertiary/aromatic N) is 2. The summed E-state index contributed by atoms with van der Waals surface area (Å²) < 4.78 is 1.53. The molecule has 1 aromatic heterocycles. The van der Waals surface area contributed by atoms with Crippen LogP contribution >= 0.6 is 11.6 Å². The van der Waals surface area contributed by atoms with Crippen molar-refractivity contribution in [3.8, 4) is 5.69 Å². The predicted molar refractivity (Wildman–Crippen MR) is 84.2 cm³/mol. The van der Waals surface area contributed by atoms with Crippen LogP contribution in [0.5, 0.6) is 0 Å². The van der Waals surface area contributed by atoms with E-state index in [4.69, 9.17) is 11.6 Å². The molecule has 0 aliphatic rings. The molecule has 0 fully saturated rings. The molecule has 3 aromatic rings. The molecule has 5 heteroatoms. The van der Waals surface area contributed by atoms with Gasteiger partial charge in [-0.15, -0.1) is 0 Å². The van der Waals surface area contributed by atoms with Gasteiger partial charge in [-0.25, -0.2) is 4.68 Å². The van der Waals surface area contributed by atoms with Gasteiger partial charge in [0.05, 0.1) is 5.69 Å². The lowest BCUT2D eigenvalue weighted by atomic mass is 10.1. The van der Waals surface area contributed by atoms with Crippen molar-refractivity contribution in [2.45, 2.75) is 6.10 Å². The van der Waals surface area contributed by atoms with Crippen molar-refractivity contribution in [3.05, 3.63) is 93.4 Å². The molecule has 0 aliphatic carbocycles. The number of rotatable bonds is 3. The molecule has 0 spiro atoms. The molecule has 0 saturated carbocycles. The van der Waals surface area contributed by atoms with Crippen molar-refractivity contribution < 1.29 is 5.11 Å². The van der Waals surface area contributed by atoms with Gasteiger partial charge in [-0.05, 0) is 42.0 Å². The Bertz CT molecular complexity index is 829. The standard InChI is InChI=1S/C17H12ClN2O2/c18-13-6-8-14(9-7-13)20-11-10-15(21)16(19-20)17(22)12-4-2-1-3-5-12/h1-2,4-11,17,22H. The Morgan fingerprint density at radius 3 is 2.64 bits per heavy atom. The van der Waals surface area contributed by atoms with E-state index in [9.17, 15) is 9.90 Å². The zero-order valence-corrected chi connectivity index (χ0v) is 12.2. The first-order valence-electron chi connectivity index (χ1n) is 6.65. The Hall–Kier alpha value is -2.43. The Labute approximate surface area is 132 Å². The Morgan fingerprint density at radius 1 is 1.18 bits per heavy atom. The molecule has 1 atom stereocenters. The van der Waals surface area contributed by atoms with Crippen molar-refractivity contribution in [2.75, 3.05) is 0 Å². The smallest absolute Gasteiger partial charge is 0.206 e. The highest BCUT2D eigenvalue weighted by Crippen LogP contribution is 2.18. The van der Waals surface area contributed by atoms with Crippen LogP contribution in [-0.4, -0.2) is 14.9 Å². The Balaban J connectivity index is 2.04. The zero-order valence-electron chi connectivity index (χ0n) is 11.5. The maximum absolute atomic E-state index is 12.0. The summed E-state index contributed by atoms with van der Waals surface area (Å²) in [5.41, 5.74) is 1.07. The van der Waals surface area contributed by atoms with Crippen molar-refractivity contribution in [1.82, 2.24) is 9.78 Å². The molecule has 3 rings (SSSR count). The molecule has 0 saturated heterocycles. The van der Waals surface area contributed by atoms with Gasteiger partial charge in [0.2, 0.25) is 5.43 Å². The summed E-state index contributed by atoms with van der Waals surface area (Å²) in [5, 5.41) is 15.2. The summed E-state index contributed by atoms with van der Waals surface area (Å²) in [6.45, 7) is 0. The van der Waals surface area contributed by atoms with Gasteiger partial charge >= 0.3 is 0 Å².